The molecule has 0 fully saturated rings. The molecule has 1 atom stereocenters. The Morgan fingerprint density at radius 1 is 1.50 bits per heavy atom. The van der Waals surface area contributed by atoms with Gasteiger partial charge >= 0.3 is 0 Å². The van der Waals surface area contributed by atoms with E-state index in [1.807, 2.05) is 27.8 Å². The highest BCUT2D eigenvalue weighted by Gasteiger charge is 2.23. The summed E-state index contributed by atoms with van der Waals surface area (Å²) in [4.78, 5) is 2.10. The Hall–Kier alpha value is -0.120. The van der Waals surface area contributed by atoms with E-state index in [-0.39, 0.29) is 18.2 Å². The minimum atomic E-state index is -0.160. The predicted molar refractivity (Wildman–Crippen MR) is 50.3 cm³/mol. The lowest BCUT2D eigenvalue weighted by Crippen LogP contribution is -2.47. The van der Waals surface area contributed by atoms with Crippen LogP contribution in [0, 0.1) is 0 Å². The van der Waals surface area contributed by atoms with Crippen molar-refractivity contribution >= 4 is 0 Å². The molecule has 1 N–H and O–H groups in total. The number of methoxy groups -OCH3 is 1. The third-order valence-electron chi connectivity index (χ3n) is 2.35. The standard InChI is InChI=1S/C9H21NO2/c1-8(12-5)6-10(4)9(2,3)7-11/h8,11H,6-7H2,1-5H3. The molecule has 0 bridgehead atoms. The summed E-state index contributed by atoms with van der Waals surface area (Å²) in [6, 6.07) is 0. The molecule has 0 radical (unpaired) electrons. The first-order valence-electron chi connectivity index (χ1n) is 4.29. The van der Waals surface area contributed by atoms with Crippen molar-refractivity contribution in [3.8, 4) is 0 Å². The Labute approximate surface area is 75.3 Å². The minimum Gasteiger partial charge on any atom is -0.394 e. The van der Waals surface area contributed by atoms with Crippen molar-refractivity contribution in [3.63, 3.8) is 0 Å². The van der Waals surface area contributed by atoms with E-state index >= 15 is 0 Å². The summed E-state index contributed by atoms with van der Waals surface area (Å²) in [7, 11) is 3.69. The quantitative estimate of drug-likeness (QED) is 0.668. The van der Waals surface area contributed by atoms with Crippen LogP contribution in [0.2, 0.25) is 0 Å². The summed E-state index contributed by atoms with van der Waals surface area (Å²) in [5.41, 5.74) is -0.160. The molecule has 0 saturated heterocycles. The maximum absolute atomic E-state index is 9.07. The Morgan fingerprint density at radius 2 is 2.00 bits per heavy atom. The molecular formula is C9H21NO2. The number of ether oxygens (including phenoxy) is 1. The molecule has 0 aliphatic carbocycles. The van der Waals surface area contributed by atoms with Crippen LogP contribution in [-0.4, -0.2) is 49.0 Å². The molecule has 0 aromatic rings. The molecule has 0 aliphatic heterocycles. The van der Waals surface area contributed by atoms with Crippen LogP contribution in [0.3, 0.4) is 0 Å². The second-order valence-electron chi connectivity index (χ2n) is 3.90. The fraction of sp³-hybridized carbons (Fsp3) is 1.00. The maximum Gasteiger partial charge on any atom is 0.0670 e. The highest BCUT2D eigenvalue weighted by Crippen LogP contribution is 2.11. The van der Waals surface area contributed by atoms with Gasteiger partial charge in [0.2, 0.25) is 0 Å². The molecule has 0 spiro atoms. The molecule has 0 aromatic carbocycles. The molecule has 0 rings (SSSR count). The first kappa shape index (κ1) is 11.9. The molecule has 0 aliphatic rings. The number of rotatable bonds is 5. The fourth-order valence-electron chi connectivity index (χ4n) is 0.828. The van der Waals surface area contributed by atoms with E-state index in [1.165, 1.54) is 0 Å². The summed E-state index contributed by atoms with van der Waals surface area (Å²) < 4.78 is 5.14. The van der Waals surface area contributed by atoms with Crippen LogP contribution in [0.15, 0.2) is 0 Å². The second kappa shape index (κ2) is 4.80. The molecule has 0 heterocycles. The Bertz CT molecular complexity index is 126. The zero-order valence-corrected chi connectivity index (χ0v) is 8.79. The Kier molecular flexibility index (Phi) is 4.75. The Balaban J connectivity index is 3.93. The van der Waals surface area contributed by atoms with Gasteiger partial charge in [0.25, 0.3) is 0 Å². The topological polar surface area (TPSA) is 32.7 Å². The average molecular weight is 175 g/mol. The summed E-state index contributed by atoms with van der Waals surface area (Å²) in [6.07, 6.45) is 0.209. The molecular weight excluding hydrogens is 154 g/mol. The Morgan fingerprint density at radius 3 is 2.33 bits per heavy atom. The zero-order chi connectivity index (χ0) is 9.78. The summed E-state index contributed by atoms with van der Waals surface area (Å²) in [6.45, 7) is 7.04. The van der Waals surface area contributed by atoms with Gasteiger partial charge in [-0.1, -0.05) is 0 Å². The number of aliphatic hydroxyl groups excluding tert-OH is 1. The fourth-order valence-corrected chi connectivity index (χ4v) is 0.828. The lowest BCUT2D eigenvalue weighted by molar-refractivity contribution is 0.0241. The first-order chi connectivity index (χ1) is 5.44. The largest absolute Gasteiger partial charge is 0.394 e. The van der Waals surface area contributed by atoms with Crippen LogP contribution in [0.25, 0.3) is 0 Å². The van der Waals surface area contributed by atoms with Crippen molar-refractivity contribution in [1.82, 2.24) is 4.90 Å². The van der Waals surface area contributed by atoms with Crippen molar-refractivity contribution in [3.05, 3.63) is 0 Å². The number of hydrogen-bond acceptors (Lipinski definition) is 3. The van der Waals surface area contributed by atoms with Crippen LogP contribution in [0.5, 0.6) is 0 Å². The van der Waals surface area contributed by atoms with Gasteiger partial charge in [-0.15, -0.1) is 0 Å². The molecule has 12 heavy (non-hydrogen) atoms. The lowest BCUT2D eigenvalue weighted by atomic mass is 10.1. The minimum absolute atomic E-state index is 0.160. The van der Waals surface area contributed by atoms with Gasteiger partial charge in [-0.3, -0.25) is 4.90 Å². The monoisotopic (exact) mass is 175 g/mol. The highest BCUT2D eigenvalue weighted by molar-refractivity contribution is 4.78. The highest BCUT2D eigenvalue weighted by atomic mass is 16.5. The molecule has 0 saturated carbocycles. The SMILES string of the molecule is COC(C)CN(C)C(C)(C)CO. The summed E-state index contributed by atoms with van der Waals surface area (Å²) >= 11 is 0. The van der Waals surface area contributed by atoms with Gasteiger partial charge in [0.1, 0.15) is 0 Å². The van der Waals surface area contributed by atoms with Gasteiger partial charge in [0, 0.05) is 19.2 Å². The van der Waals surface area contributed by atoms with Gasteiger partial charge in [0.05, 0.1) is 12.7 Å². The zero-order valence-electron chi connectivity index (χ0n) is 8.79. The van der Waals surface area contributed by atoms with Gasteiger partial charge in [-0.25, -0.2) is 0 Å². The van der Waals surface area contributed by atoms with Gasteiger partial charge in [-0.05, 0) is 27.8 Å². The van der Waals surface area contributed by atoms with Crippen LogP contribution in [0.1, 0.15) is 20.8 Å². The van der Waals surface area contributed by atoms with Crippen molar-refractivity contribution in [2.24, 2.45) is 0 Å². The van der Waals surface area contributed by atoms with Crippen LogP contribution < -0.4 is 0 Å². The third-order valence-corrected chi connectivity index (χ3v) is 2.35. The number of likely N-dealkylation sites (N-methyl/N-ethyl adjacent to an activating group) is 1. The maximum atomic E-state index is 9.07. The average Bonchev–Trinajstić information content (AvgIpc) is 2.04. The summed E-state index contributed by atoms with van der Waals surface area (Å²) in [5, 5.41) is 9.07. The third kappa shape index (κ3) is 3.52. The molecule has 0 aromatic heterocycles. The molecule has 1 unspecified atom stereocenters. The van der Waals surface area contributed by atoms with E-state index in [4.69, 9.17) is 9.84 Å². The van der Waals surface area contributed by atoms with Gasteiger partial charge in [-0.2, -0.15) is 0 Å². The smallest absolute Gasteiger partial charge is 0.0670 e. The number of aliphatic hydroxyl groups is 1. The van der Waals surface area contributed by atoms with Crippen LogP contribution in [-0.2, 0) is 4.74 Å². The van der Waals surface area contributed by atoms with E-state index in [1.54, 1.807) is 7.11 Å². The van der Waals surface area contributed by atoms with E-state index < -0.39 is 0 Å². The van der Waals surface area contributed by atoms with Crippen molar-refractivity contribution in [2.75, 3.05) is 27.3 Å². The van der Waals surface area contributed by atoms with E-state index in [0.29, 0.717) is 0 Å². The summed E-state index contributed by atoms with van der Waals surface area (Å²) in [5.74, 6) is 0. The van der Waals surface area contributed by atoms with Crippen molar-refractivity contribution < 1.29 is 9.84 Å². The van der Waals surface area contributed by atoms with E-state index in [2.05, 4.69) is 4.90 Å². The number of nitrogens with zero attached hydrogens (tertiary/aromatic N) is 1. The molecule has 0 amide bonds. The molecule has 74 valence electrons. The van der Waals surface area contributed by atoms with Gasteiger partial charge in [0.15, 0.2) is 0 Å². The van der Waals surface area contributed by atoms with E-state index in [9.17, 15) is 0 Å². The van der Waals surface area contributed by atoms with Crippen molar-refractivity contribution in [1.29, 1.82) is 0 Å². The van der Waals surface area contributed by atoms with Crippen LogP contribution >= 0.6 is 0 Å². The van der Waals surface area contributed by atoms with E-state index in [0.717, 1.165) is 6.54 Å². The first-order valence-corrected chi connectivity index (χ1v) is 4.29. The molecule has 3 nitrogen and oxygen atoms in total. The number of hydrogen-bond donors (Lipinski definition) is 1. The van der Waals surface area contributed by atoms with Gasteiger partial charge < -0.3 is 9.84 Å². The second-order valence-corrected chi connectivity index (χ2v) is 3.90. The molecule has 3 heteroatoms. The predicted octanol–water partition coefficient (Wildman–Crippen LogP) is 0.724. The van der Waals surface area contributed by atoms with Crippen LogP contribution in [0.4, 0.5) is 0 Å². The van der Waals surface area contributed by atoms with Crippen molar-refractivity contribution in [2.45, 2.75) is 32.4 Å². The normalized spacial score (nSPS) is 15.2. The lowest BCUT2D eigenvalue weighted by Gasteiger charge is -2.35.